The monoisotopic (exact) mass is 302 g/mol. The molecule has 0 aliphatic carbocycles. The van der Waals surface area contributed by atoms with Crippen molar-refractivity contribution in [1.82, 2.24) is 0 Å². The van der Waals surface area contributed by atoms with Gasteiger partial charge in [-0.2, -0.15) is 0 Å². The SMILES string of the molecule is C/C=C(\C=C/CC)/C=C/COC1OCc2c[nH+]c(C)c(O)c21. The molecule has 2 heterocycles. The summed E-state index contributed by atoms with van der Waals surface area (Å²) in [4.78, 5) is 3.02. The van der Waals surface area contributed by atoms with Crippen molar-refractivity contribution in [2.75, 3.05) is 6.61 Å². The fourth-order valence-corrected chi connectivity index (χ4v) is 2.29. The molecule has 118 valence electrons. The van der Waals surface area contributed by atoms with Crippen molar-refractivity contribution in [2.45, 2.75) is 40.1 Å². The number of fused-ring (bicyclic) bond motifs is 1. The number of aryl methyl sites for hydroxylation is 1. The molecule has 22 heavy (non-hydrogen) atoms. The number of aromatic amines is 1. The summed E-state index contributed by atoms with van der Waals surface area (Å²) in [5.74, 6) is 0.226. The molecule has 0 fully saturated rings. The molecule has 0 bridgehead atoms. The van der Waals surface area contributed by atoms with E-state index in [1.54, 1.807) is 0 Å². The first-order chi connectivity index (χ1) is 10.7. The third-order valence-electron chi connectivity index (χ3n) is 3.58. The lowest BCUT2D eigenvalue weighted by atomic mass is 10.1. The van der Waals surface area contributed by atoms with E-state index in [1.165, 1.54) is 0 Å². The number of ether oxygens (including phenoxy) is 2. The van der Waals surface area contributed by atoms with E-state index < -0.39 is 6.29 Å². The number of hydrogen-bond acceptors (Lipinski definition) is 3. The number of rotatable bonds is 6. The Morgan fingerprint density at radius 2 is 2.23 bits per heavy atom. The van der Waals surface area contributed by atoms with Gasteiger partial charge >= 0.3 is 0 Å². The number of allylic oxidation sites excluding steroid dienone is 5. The molecule has 0 saturated carbocycles. The van der Waals surface area contributed by atoms with E-state index in [4.69, 9.17) is 9.47 Å². The Morgan fingerprint density at radius 1 is 1.45 bits per heavy atom. The normalized spacial score (nSPS) is 18.5. The molecule has 0 spiro atoms. The van der Waals surface area contributed by atoms with E-state index in [9.17, 15) is 5.11 Å². The second-order valence-corrected chi connectivity index (χ2v) is 5.18. The van der Waals surface area contributed by atoms with Crippen LogP contribution in [0.4, 0.5) is 0 Å². The van der Waals surface area contributed by atoms with E-state index in [1.807, 2.05) is 32.2 Å². The van der Waals surface area contributed by atoms with Crippen LogP contribution >= 0.6 is 0 Å². The van der Waals surface area contributed by atoms with Crippen LogP contribution in [-0.4, -0.2) is 11.7 Å². The Morgan fingerprint density at radius 3 is 2.95 bits per heavy atom. The topological polar surface area (TPSA) is 52.8 Å². The minimum Gasteiger partial charge on any atom is -0.502 e. The summed E-state index contributed by atoms with van der Waals surface area (Å²) in [6, 6.07) is 0. The Balaban J connectivity index is 1.95. The number of pyridine rings is 1. The number of nitrogens with one attached hydrogen (secondary N) is 1. The molecule has 0 aromatic carbocycles. The van der Waals surface area contributed by atoms with E-state index >= 15 is 0 Å². The van der Waals surface area contributed by atoms with Gasteiger partial charge in [0, 0.05) is 6.92 Å². The molecule has 0 radical (unpaired) electrons. The van der Waals surface area contributed by atoms with Gasteiger partial charge in [0.05, 0.1) is 24.3 Å². The van der Waals surface area contributed by atoms with Crippen molar-refractivity contribution in [3.63, 3.8) is 0 Å². The van der Waals surface area contributed by atoms with Crippen molar-refractivity contribution < 1.29 is 19.6 Å². The Kier molecular flexibility index (Phi) is 5.92. The minimum atomic E-state index is -0.506. The summed E-state index contributed by atoms with van der Waals surface area (Å²) < 4.78 is 11.3. The van der Waals surface area contributed by atoms with Gasteiger partial charge < -0.3 is 14.6 Å². The first-order valence-electron chi connectivity index (χ1n) is 7.63. The molecule has 1 aromatic rings. The lowest BCUT2D eigenvalue weighted by molar-refractivity contribution is -0.389. The van der Waals surface area contributed by atoms with Crippen LogP contribution in [0.2, 0.25) is 0 Å². The van der Waals surface area contributed by atoms with Crippen molar-refractivity contribution >= 4 is 0 Å². The van der Waals surface area contributed by atoms with Gasteiger partial charge in [-0.15, -0.1) is 0 Å². The lowest BCUT2D eigenvalue weighted by Gasteiger charge is -2.11. The summed E-state index contributed by atoms with van der Waals surface area (Å²) in [7, 11) is 0. The maximum atomic E-state index is 10.1. The van der Waals surface area contributed by atoms with E-state index in [0.717, 1.165) is 23.1 Å². The van der Waals surface area contributed by atoms with Gasteiger partial charge in [0.1, 0.15) is 0 Å². The van der Waals surface area contributed by atoms with Crippen molar-refractivity contribution in [3.05, 3.63) is 59.0 Å². The molecule has 1 unspecified atom stereocenters. The van der Waals surface area contributed by atoms with Crippen molar-refractivity contribution in [3.8, 4) is 5.75 Å². The largest absolute Gasteiger partial charge is 0.502 e. The number of H-pyrrole nitrogens is 1. The molecule has 4 nitrogen and oxygen atoms in total. The van der Waals surface area contributed by atoms with Crippen LogP contribution in [0.5, 0.6) is 5.75 Å². The van der Waals surface area contributed by atoms with Gasteiger partial charge in [0.2, 0.25) is 5.69 Å². The van der Waals surface area contributed by atoms with Gasteiger partial charge in [0.25, 0.3) is 0 Å². The highest BCUT2D eigenvalue weighted by Crippen LogP contribution is 2.37. The molecule has 2 N–H and O–H groups in total. The predicted molar refractivity (Wildman–Crippen MR) is 85.2 cm³/mol. The highest BCUT2D eigenvalue weighted by atomic mass is 16.7. The van der Waals surface area contributed by atoms with Crippen molar-refractivity contribution in [2.24, 2.45) is 0 Å². The first kappa shape index (κ1) is 16.5. The average molecular weight is 302 g/mol. The molecule has 4 heteroatoms. The molecule has 2 rings (SSSR count). The molecular formula is C18H24NO3+. The van der Waals surface area contributed by atoms with Crippen LogP contribution in [-0.2, 0) is 16.1 Å². The Labute approximate surface area is 131 Å². The first-order valence-corrected chi connectivity index (χ1v) is 7.63. The second-order valence-electron chi connectivity index (χ2n) is 5.18. The standard InChI is InChI=1S/C18H23NO3/c1-4-6-8-14(5-2)9-7-10-21-18-16-15(12-22-18)11-19-13(3)17(16)20/h5-9,11,18,20H,4,10,12H2,1-3H3/p+1/b8-6-,9-7+,14-5+. The fraction of sp³-hybridized carbons (Fsp3) is 0.389. The lowest BCUT2D eigenvalue weighted by Crippen LogP contribution is -2.11. The Hall–Kier alpha value is -1.91. The van der Waals surface area contributed by atoms with Gasteiger partial charge in [0.15, 0.2) is 18.2 Å². The quantitative estimate of drug-likeness (QED) is 0.818. The van der Waals surface area contributed by atoms with Crippen LogP contribution in [0, 0.1) is 6.92 Å². The van der Waals surface area contributed by atoms with E-state index in [0.29, 0.717) is 18.9 Å². The summed E-state index contributed by atoms with van der Waals surface area (Å²) in [6.07, 6.45) is 12.6. The van der Waals surface area contributed by atoms with Gasteiger partial charge in [-0.1, -0.05) is 37.3 Å². The summed E-state index contributed by atoms with van der Waals surface area (Å²) in [5, 5.41) is 10.1. The van der Waals surface area contributed by atoms with Crippen LogP contribution in [0.15, 0.2) is 42.2 Å². The third kappa shape index (κ3) is 3.84. The number of aromatic hydroxyl groups is 1. The zero-order valence-electron chi connectivity index (χ0n) is 13.4. The molecule has 1 aromatic heterocycles. The molecule has 1 atom stereocenters. The summed E-state index contributed by atoms with van der Waals surface area (Å²) in [6.45, 7) is 6.82. The van der Waals surface area contributed by atoms with Crippen LogP contribution in [0.25, 0.3) is 0 Å². The zero-order chi connectivity index (χ0) is 15.9. The third-order valence-corrected chi connectivity index (χ3v) is 3.58. The summed E-state index contributed by atoms with van der Waals surface area (Å²) in [5.41, 5.74) is 3.54. The smallest absolute Gasteiger partial charge is 0.219 e. The van der Waals surface area contributed by atoms with Crippen LogP contribution in [0.1, 0.15) is 43.4 Å². The molecule has 1 aliphatic rings. The van der Waals surface area contributed by atoms with Crippen LogP contribution < -0.4 is 4.98 Å². The van der Waals surface area contributed by atoms with Gasteiger partial charge in [-0.25, -0.2) is 4.98 Å². The fourth-order valence-electron chi connectivity index (χ4n) is 2.29. The van der Waals surface area contributed by atoms with E-state index in [-0.39, 0.29) is 5.75 Å². The van der Waals surface area contributed by atoms with Crippen molar-refractivity contribution in [1.29, 1.82) is 0 Å². The molecular weight excluding hydrogens is 278 g/mol. The molecule has 1 aliphatic heterocycles. The second kappa shape index (κ2) is 7.92. The maximum absolute atomic E-state index is 10.1. The molecule has 0 amide bonds. The highest BCUT2D eigenvalue weighted by Gasteiger charge is 2.31. The van der Waals surface area contributed by atoms with Crippen LogP contribution in [0.3, 0.4) is 0 Å². The zero-order valence-corrected chi connectivity index (χ0v) is 13.4. The van der Waals surface area contributed by atoms with Gasteiger partial charge in [-0.3, -0.25) is 0 Å². The van der Waals surface area contributed by atoms with Gasteiger partial charge in [-0.05, 0) is 18.9 Å². The summed E-state index contributed by atoms with van der Waals surface area (Å²) >= 11 is 0. The molecule has 0 saturated heterocycles. The minimum absolute atomic E-state index is 0.226. The number of aromatic nitrogens is 1. The Bertz CT molecular complexity index is 603. The predicted octanol–water partition coefficient (Wildman–Crippen LogP) is 3.53. The highest BCUT2D eigenvalue weighted by molar-refractivity contribution is 5.40. The number of hydrogen-bond donors (Lipinski definition) is 1. The van der Waals surface area contributed by atoms with E-state index in [2.05, 4.69) is 30.1 Å². The average Bonchev–Trinajstić information content (AvgIpc) is 2.94. The maximum Gasteiger partial charge on any atom is 0.219 e.